The number of aliphatic carboxylic acids is 1. The maximum Gasteiger partial charge on any atom is 0.359 e. The van der Waals surface area contributed by atoms with Crippen LogP contribution in [0.2, 0.25) is 0 Å². The van der Waals surface area contributed by atoms with E-state index in [1.165, 1.54) is 0 Å². The van der Waals surface area contributed by atoms with Crippen LogP contribution in [0.5, 0.6) is 0 Å². The fourth-order valence-electron chi connectivity index (χ4n) is 3.62. The molecule has 1 aromatic heterocycles. The first kappa shape index (κ1) is 19.1. The van der Waals surface area contributed by atoms with Gasteiger partial charge in [-0.25, -0.2) is 9.48 Å². The lowest BCUT2D eigenvalue weighted by Crippen LogP contribution is -2.42. The molecule has 27 heavy (non-hydrogen) atoms. The monoisotopic (exact) mass is 371 g/mol. The Bertz CT molecular complexity index is 803. The summed E-state index contributed by atoms with van der Waals surface area (Å²) in [5.41, 5.74) is 1.88. The van der Waals surface area contributed by atoms with Crippen molar-refractivity contribution >= 4 is 11.9 Å². The van der Waals surface area contributed by atoms with Crippen molar-refractivity contribution in [2.75, 3.05) is 19.7 Å². The molecular formula is C20H25N3O4. The zero-order valence-corrected chi connectivity index (χ0v) is 15.7. The number of carbonyl (C=O) groups excluding carboxylic acids is 1. The average Bonchev–Trinajstić information content (AvgIpc) is 3.06. The van der Waals surface area contributed by atoms with Gasteiger partial charge in [0.15, 0.2) is 5.69 Å². The standard InChI is InChI=1S/C20H25N3O4/c1-3-27-20(26)18-16(13-23(21-18)17-7-5-4-6-8-17)12-22-10-14(2)9-15(11-22)19(24)25/h4-8,13-15H,3,9-12H2,1-2H3,(H,24,25). The number of ether oxygens (including phenoxy) is 1. The Kier molecular flexibility index (Phi) is 5.91. The summed E-state index contributed by atoms with van der Waals surface area (Å²) in [5.74, 6) is -1.32. The van der Waals surface area contributed by atoms with Gasteiger partial charge in [-0.3, -0.25) is 9.69 Å². The first-order valence-electron chi connectivity index (χ1n) is 9.24. The highest BCUT2D eigenvalue weighted by Crippen LogP contribution is 2.24. The quantitative estimate of drug-likeness (QED) is 0.786. The molecule has 2 atom stereocenters. The van der Waals surface area contributed by atoms with E-state index in [2.05, 4.69) is 16.9 Å². The van der Waals surface area contributed by atoms with Gasteiger partial charge in [-0.2, -0.15) is 5.10 Å². The van der Waals surface area contributed by atoms with E-state index in [1.807, 2.05) is 36.5 Å². The number of hydrogen-bond donors (Lipinski definition) is 1. The van der Waals surface area contributed by atoms with Crippen LogP contribution in [-0.2, 0) is 16.1 Å². The molecule has 1 aliphatic rings. The number of likely N-dealkylation sites (tertiary alicyclic amines) is 1. The van der Waals surface area contributed by atoms with Crippen LogP contribution in [0.15, 0.2) is 36.5 Å². The predicted molar refractivity (Wildman–Crippen MR) is 99.7 cm³/mol. The molecule has 0 saturated carbocycles. The molecule has 0 spiro atoms. The van der Waals surface area contributed by atoms with Crippen LogP contribution in [0.1, 0.15) is 36.3 Å². The summed E-state index contributed by atoms with van der Waals surface area (Å²) in [6, 6.07) is 9.56. The molecule has 2 unspecified atom stereocenters. The lowest BCUT2D eigenvalue weighted by molar-refractivity contribution is -0.144. The maximum atomic E-state index is 12.4. The number of esters is 1. The van der Waals surface area contributed by atoms with Crippen LogP contribution < -0.4 is 0 Å². The molecular weight excluding hydrogens is 346 g/mol. The minimum atomic E-state index is -0.767. The molecule has 1 aromatic carbocycles. The molecule has 144 valence electrons. The van der Waals surface area contributed by atoms with Crippen LogP contribution in [0.4, 0.5) is 0 Å². The first-order chi connectivity index (χ1) is 13.0. The number of hydrogen-bond acceptors (Lipinski definition) is 5. The molecule has 0 aliphatic carbocycles. The summed E-state index contributed by atoms with van der Waals surface area (Å²) in [7, 11) is 0. The van der Waals surface area contributed by atoms with E-state index < -0.39 is 11.9 Å². The highest BCUT2D eigenvalue weighted by Gasteiger charge is 2.30. The van der Waals surface area contributed by atoms with Crippen molar-refractivity contribution in [2.45, 2.75) is 26.8 Å². The van der Waals surface area contributed by atoms with Gasteiger partial charge in [-0.1, -0.05) is 25.1 Å². The Morgan fingerprint density at radius 3 is 2.67 bits per heavy atom. The summed E-state index contributed by atoms with van der Waals surface area (Å²) in [6.45, 7) is 5.83. The molecule has 3 rings (SSSR count). The molecule has 0 radical (unpaired) electrons. The number of rotatable bonds is 6. The Balaban J connectivity index is 1.87. The molecule has 1 fully saturated rings. The van der Waals surface area contributed by atoms with Crippen molar-refractivity contribution in [1.82, 2.24) is 14.7 Å². The summed E-state index contributed by atoms with van der Waals surface area (Å²) < 4.78 is 6.83. The minimum absolute atomic E-state index is 0.276. The summed E-state index contributed by atoms with van der Waals surface area (Å²) in [5, 5.41) is 13.8. The molecule has 0 bridgehead atoms. The van der Waals surface area contributed by atoms with Crippen molar-refractivity contribution in [2.24, 2.45) is 11.8 Å². The molecule has 2 heterocycles. The lowest BCUT2D eigenvalue weighted by atomic mass is 9.90. The zero-order valence-electron chi connectivity index (χ0n) is 15.7. The number of carbonyl (C=O) groups is 2. The van der Waals surface area contributed by atoms with Crippen molar-refractivity contribution < 1.29 is 19.4 Å². The van der Waals surface area contributed by atoms with Gasteiger partial charge in [0.25, 0.3) is 0 Å². The van der Waals surface area contributed by atoms with E-state index in [1.54, 1.807) is 11.6 Å². The highest BCUT2D eigenvalue weighted by molar-refractivity contribution is 5.88. The lowest BCUT2D eigenvalue weighted by Gasteiger charge is -2.34. The minimum Gasteiger partial charge on any atom is -0.481 e. The SMILES string of the molecule is CCOC(=O)c1nn(-c2ccccc2)cc1CN1CC(C)CC(C(=O)O)C1. The van der Waals surface area contributed by atoms with Crippen LogP contribution in [0.3, 0.4) is 0 Å². The summed E-state index contributed by atoms with van der Waals surface area (Å²) in [4.78, 5) is 25.9. The zero-order chi connectivity index (χ0) is 19.4. The fraction of sp³-hybridized carbons (Fsp3) is 0.450. The van der Waals surface area contributed by atoms with Gasteiger partial charge < -0.3 is 9.84 Å². The third-order valence-electron chi connectivity index (χ3n) is 4.76. The maximum absolute atomic E-state index is 12.4. The molecule has 7 heteroatoms. The van der Waals surface area contributed by atoms with Crippen LogP contribution >= 0.6 is 0 Å². The molecule has 0 amide bonds. The highest BCUT2D eigenvalue weighted by atomic mass is 16.5. The van der Waals surface area contributed by atoms with Gasteiger partial charge in [0.1, 0.15) is 0 Å². The van der Waals surface area contributed by atoms with Crippen molar-refractivity contribution in [3.8, 4) is 5.69 Å². The molecule has 1 saturated heterocycles. The van der Waals surface area contributed by atoms with Crippen molar-refractivity contribution in [3.63, 3.8) is 0 Å². The molecule has 2 aromatic rings. The number of carboxylic acids is 1. The van der Waals surface area contributed by atoms with Crippen LogP contribution in [0.25, 0.3) is 5.69 Å². The largest absolute Gasteiger partial charge is 0.481 e. The van der Waals surface area contributed by atoms with Gasteiger partial charge in [-0.15, -0.1) is 0 Å². The second-order valence-electron chi connectivity index (χ2n) is 7.07. The smallest absolute Gasteiger partial charge is 0.359 e. The summed E-state index contributed by atoms with van der Waals surface area (Å²) in [6.07, 6.45) is 2.51. The van der Waals surface area contributed by atoms with E-state index in [4.69, 9.17) is 4.74 Å². The number of piperidine rings is 1. The van der Waals surface area contributed by atoms with Gasteiger partial charge in [0.05, 0.1) is 18.2 Å². The second kappa shape index (κ2) is 8.35. The van der Waals surface area contributed by atoms with Crippen molar-refractivity contribution in [3.05, 3.63) is 47.8 Å². The van der Waals surface area contributed by atoms with Crippen LogP contribution in [-0.4, -0.2) is 51.4 Å². The number of carboxylic acid groups (broad SMARTS) is 1. The Morgan fingerprint density at radius 2 is 2.00 bits per heavy atom. The molecule has 7 nitrogen and oxygen atoms in total. The number of benzene rings is 1. The number of nitrogens with zero attached hydrogens (tertiary/aromatic N) is 3. The fourth-order valence-corrected chi connectivity index (χ4v) is 3.62. The van der Waals surface area contributed by atoms with E-state index >= 15 is 0 Å². The van der Waals surface area contributed by atoms with Gasteiger partial charge in [0.2, 0.25) is 0 Å². The van der Waals surface area contributed by atoms with Gasteiger partial charge in [-0.05, 0) is 31.4 Å². The first-order valence-corrected chi connectivity index (χ1v) is 9.24. The third kappa shape index (κ3) is 4.54. The van der Waals surface area contributed by atoms with Crippen molar-refractivity contribution in [1.29, 1.82) is 0 Å². The Morgan fingerprint density at radius 1 is 1.26 bits per heavy atom. The third-order valence-corrected chi connectivity index (χ3v) is 4.76. The normalized spacial score (nSPS) is 20.4. The van der Waals surface area contributed by atoms with E-state index in [9.17, 15) is 14.7 Å². The second-order valence-corrected chi connectivity index (χ2v) is 7.07. The number of para-hydroxylation sites is 1. The summed E-state index contributed by atoms with van der Waals surface area (Å²) >= 11 is 0. The van der Waals surface area contributed by atoms with Gasteiger partial charge >= 0.3 is 11.9 Å². The molecule has 1 N–H and O–H groups in total. The predicted octanol–water partition coefficient (Wildman–Crippen LogP) is 2.59. The van der Waals surface area contributed by atoms with E-state index in [0.717, 1.165) is 17.8 Å². The van der Waals surface area contributed by atoms with E-state index in [0.29, 0.717) is 19.5 Å². The number of aromatic nitrogens is 2. The average molecular weight is 371 g/mol. The van der Waals surface area contributed by atoms with Crippen LogP contribution in [0, 0.1) is 11.8 Å². The Hall–Kier alpha value is -2.67. The van der Waals surface area contributed by atoms with Gasteiger partial charge in [0, 0.05) is 31.4 Å². The molecule has 1 aliphatic heterocycles. The topological polar surface area (TPSA) is 84.7 Å². The van der Waals surface area contributed by atoms with E-state index in [-0.39, 0.29) is 24.1 Å². The Labute approximate surface area is 158 Å².